The van der Waals surface area contributed by atoms with Gasteiger partial charge in [0.2, 0.25) is 0 Å². The Morgan fingerprint density at radius 2 is 1.81 bits per heavy atom. The minimum absolute atomic E-state index is 0.0405. The summed E-state index contributed by atoms with van der Waals surface area (Å²) < 4.78 is 39.0. The van der Waals surface area contributed by atoms with Crippen molar-refractivity contribution in [3.05, 3.63) is 35.4 Å². The van der Waals surface area contributed by atoms with Crippen LogP contribution in [0.2, 0.25) is 0 Å². The number of benzene rings is 1. The van der Waals surface area contributed by atoms with Crippen LogP contribution in [0.25, 0.3) is 0 Å². The fraction of sp³-hybridized carbons (Fsp3) is 0.650. The number of nitrogens with one attached hydrogen (secondary N) is 1. The second-order valence-electron chi connectivity index (χ2n) is 8.46. The van der Waals surface area contributed by atoms with Crippen LogP contribution in [0.3, 0.4) is 0 Å². The molecule has 1 atom stereocenters. The molecule has 1 amide bonds. The van der Waals surface area contributed by atoms with E-state index in [1.165, 1.54) is 0 Å². The van der Waals surface area contributed by atoms with E-state index in [0.717, 1.165) is 31.2 Å². The van der Waals surface area contributed by atoms with Crippen LogP contribution in [-0.2, 0) is 14.9 Å². The molecule has 0 spiro atoms. The lowest BCUT2D eigenvalue weighted by molar-refractivity contribution is 0.0486. The molecule has 1 unspecified atom stereocenters. The second-order valence-corrected chi connectivity index (χ2v) is 10.1. The van der Waals surface area contributed by atoms with Crippen molar-refractivity contribution in [1.82, 2.24) is 5.32 Å². The lowest BCUT2D eigenvalue weighted by atomic mass is 9.82. The lowest BCUT2D eigenvalue weighted by Crippen LogP contribution is -2.41. The molecule has 27 heavy (non-hydrogen) atoms. The van der Waals surface area contributed by atoms with Crippen molar-refractivity contribution in [2.75, 3.05) is 0 Å². The Balaban J connectivity index is 1.95. The molecular weight excluding hydrogens is 366 g/mol. The van der Waals surface area contributed by atoms with Crippen molar-refractivity contribution >= 4 is 16.2 Å². The van der Waals surface area contributed by atoms with Gasteiger partial charge in [-0.15, -0.1) is 0 Å². The van der Waals surface area contributed by atoms with E-state index < -0.39 is 27.1 Å². The molecule has 7 heteroatoms. The Labute approximate surface area is 162 Å². The fourth-order valence-corrected chi connectivity index (χ4v) is 4.78. The Bertz CT molecular complexity index is 746. The van der Waals surface area contributed by atoms with E-state index in [1.807, 2.05) is 39.8 Å². The van der Waals surface area contributed by atoms with Gasteiger partial charge in [0.1, 0.15) is 10.9 Å². The predicted molar refractivity (Wildman–Crippen MR) is 105 cm³/mol. The van der Waals surface area contributed by atoms with Crippen molar-refractivity contribution in [3.8, 4) is 0 Å². The minimum atomic E-state index is -4.18. The molecule has 0 bridgehead atoms. The summed E-state index contributed by atoms with van der Waals surface area (Å²) in [6.45, 7) is 7.33. The van der Waals surface area contributed by atoms with E-state index in [1.54, 1.807) is 12.1 Å². The third-order valence-corrected chi connectivity index (χ3v) is 6.18. The first-order chi connectivity index (χ1) is 12.5. The summed E-state index contributed by atoms with van der Waals surface area (Å²) in [5.74, 6) is 0.188. The summed E-state index contributed by atoms with van der Waals surface area (Å²) in [6.07, 6.45) is 3.13. The lowest BCUT2D eigenvalue weighted by Gasteiger charge is -2.31. The molecule has 0 heterocycles. The van der Waals surface area contributed by atoms with Crippen LogP contribution in [0.15, 0.2) is 24.3 Å². The first-order valence-corrected chi connectivity index (χ1v) is 11.0. The maximum absolute atomic E-state index is 12.0. The largest absolute Gasteiger partial charge is 0.444 e. The van der Waals surface area contributed by atoms with E-state index in [4.69, 9.17) is 4.74 Å². The number of rotatable bonds is 5. The normalized spacial score (nSPS) is 22.1. The zero-order valence-corrected chi connectivity index (χ0v) is 17.4. The number of hydrogen-bond donors (Lipinski definition) is 2. The number of carbonyl (C=O) groups is 1. The number of alkyl carbamates (subject to hydrolysis) is 1. The molecule has 6 nitrogen and oxygen atoms in total. The van der Waals surface area contributed by atoms with E-state index >= 15 is 0 Å². The summed E-state index contributed by atoms with van der Waals surface area (Å²) in [5.41, 5.74) is 0.992. The molecule has 1 saturated carbocycles. The van der Waals surface area contributed by atoms with Crippen LogP contribution >= 0.6 is 0 Å². The van der Waals surface area contributed by atoms with Gasteiger partial charge in [0.25, 0.3) is 10.1 Å². The molecule has 1 fully saturated rings. The van der Waals surface area contributed by atoms with Gasteiger partial charge in [-0.1, -0.05) is 24.3 Å². The monoisotopic (exact) mass is 397 g/mol. The zero-order chi connectivity index (χ0) is 20.2. The van der Waals surface area contributed by atoms with E-state index in [-0.39, 0.29) is 12.0 Å². The van der Waals surface area contributed by atoms with Crippen molar-refractivity contribution in [2.45, 2.75) is 76.7 Å². The second kappa shape index (κ2) is 8.61. The first-order valence-electron chi connectivity index (χ1n) is 9.47. The summed E-state index contributed by atoms with van der Waals surface area (Å²) in [5, 5.41) is 1.99. The van der Waals surface area contributed by atoms with Crippen LogP contribution in [0.4, 0.5) is 4.79 Å². The summed E-state index contributed by atoms with van der Waals surface area (Å²) in [4.78, 5) is 11.9. The summed E-state index contributed by atoms with van der Waals surface area (Å²) in [6, 6.07) is 7.31. The average Bonchev–Trinajstić information content (AvgIpc) is 2.52. The molecule has 1 aliphatic rings. The highest BCUT2D eigenvalue weighted by atomic mass is 32.2. The molecule has 1 aliphatic carbocycles. The van der Waals surface area contributed by atoms with Gasteiger partial charge in [-0.25, -0.2) is 4.79 Å². The van der Waals surface area contributed by atoms with E-state index in [2.05, 4.69) is 5.32 Å². The van der Waals surface area contributed by atoms with Gasteiger partial charge in [0, 0.05) is 6.04 Å². The number of ether oxygens (including phenoxy) is 1. The summed E-state index contributed by atoms with van der Waals surface area (Å²) >= 11 is 0. The van der Waals surface area contributed by atoms with E-state index in [9.17, 15) is 17.8 Å². The van der Waals surface area contributed by atoms with Gasteiger partial charge in [-0.3, -0.25) is 4.55 Å². The SMILES string of the molecule is Cc1ccccc1C(CC1CCC(NC(=O)OC(C)(C)C)CC1)S(=O)(=O)O. The van der Waals surface area contributed by atoms with Crippen molar-refractivity contribution < 1.29 is 22.5 Å². The molecule has 0 radical (unpaired) electrons. The molecule has 0 aliphatic heterocycles. The van der Waals surface area contributed by atoms with Crippen molar-refractivity contribution in [1.29, 1.82) is 0 Å². The molecule has 152 valence electrons. The average molecular weight is 398 g/mol. The smallest absolute Gasteiger partial charge is 0.407 e. The van der Waals surface area contributed by atoms with Gasteiger partial charge in [-0.05, 0) is 76.8 Å². The van der Waals surface area contributed by atoms with Crippen LogP contribution in [0.1, 0.15) is 69.3 Å². The molecule has 0 saturated heterocycles. The van der Waals surface area contributed by atoms with E-state index in [0.29, 0.717) is 12.0 Å². The zero-order valence-electron chi connectivity index (χ0n) is 16.6. The Hall–Kier alpha value is -1.60. The quantitative estimate of drug-likeness (QED) is 0.719. The van der Waals surface area contributed by atoms with Crippen LogP contribution in [0, 0.1) is 12.8 Å². The van der Waals surface area contributed by atoms with Crippen LogP contribution in [-0.4, -0.2) is 30.7 Å². The molecule has 1 aromatic rings. The number of amides is 1. The molecule has 2 N–H and O–H groups in total. The summed E-state index contributed by atoms with van der Waals surface area (Å²) in [7, 11) is -4.18. The highest BCUT2D eigenvalue weighted by Crippen LogP contribution is 2.36. The molecule has 1 aromatic carbocycles. The standard InChI is InChI=1S/C20H31NO5S/c1-14-7-5-6-8-17(14)18(27(23,24)25)13-15-9-11-16(12-10-15)21-19(22)26-20(2,3)4/h5-8,15-16,18H,9-13H2,1-4H3,(H,21,22)(H,23,24,25). The van der Waals surface area contributed by atoms with Gasteiger partial charge < -0.3 is 10.1 Å². The highest BCUT2D eigenvalue weighted by Gasteiger charge is 2.32. The molecule has 2 rings (SSSR count). The Kier molecular flexibility index (Phi) is 6.92. The predicted octanol–water partition coefficient (Wildman–Crippen LogP) is 4.40. The van der Waals surface area contributed by atoms with Gasteiger partial charge in [0.15, 0.2) is 0 Å². The van der Waals surface area contributed by atoms with Crippen LogP contribution < -0.4 is 5.32 Å². The maximum Gasteiger partial charge on any atom is 0.407 e. The number of aryl methyl sites for hydroxylation is 1. The minimum Gasteiger partial charge on any atom is -0.444 e. The highest BCUT2D eigenvalue weighted by molar-refractivity contribution is 7.86. The van der Waals surface area contributed by atoms with Crippen LogP contribution in [0.5, 0.6) is 0 Å². The van der Waals surface area contributed by atoms with Crippen molar-refractivity contribution in [3.63, 3.8) is 0 Å². The molecular formula is C20H31NO5S. The molecule has 0 aromatic heterocycles. The number of hydrogen-bond acceptors (Lipinski definition) is 4. The Morgan fingerprint density at radius 3 is 2.33 bits per heavy atom. The van der Waals surface area contributed by atoms with Crippen molar-refractivity contribution in [2.24, 2.45) is 5.92 Å². The Morgan fingerprint density at radius 1 is 1.22 bits per heavy atom. The number of carbonyl (C=O) groups excluding carboxylic acids is 1. The van der Waals surface area contributed by atoms with Gasteiger partial charge in [-0.2, -0.15) is 8.42 Å². The topological polar surface area (TPSA) is 92.7 Å². The van der Waals surface area contributed by atoms with Gasteiger partial charge >= 0.3 is 6.09 Å². The first kappa shape index (κ1) is 21.7. The third-order valence-electron chi connectivity index (χ3n) is 5.01. The maximum atomic E-state index is 12.0. The fourth-order valence-electron chi connectivity index (χ4n) is 3.68. The van der Waals surface area contributed by atoms with Gasteiger partial charge in [0.05, 0.1) is 0 Å². The third kappa shape index (κ3) is 6.81.